The Morgan fingerprint density at radius 2 is 2.10 bits per heavy atom. The summed E-state index contributed by atoms with van der Waals surface area (Å²) in [5.41, 5.74) is 7.12. The van der Waals surface area contributed by atoms with Crippen LogP contribution in [0.3, 0.4) is 0 Å². The van der Waals surface area contributed by atoms with Crippen LogP contribution < -0.4 is 16.4 Å². The van der Waals surface area contributed by atoms with E-state index in [0.717, 1.165) is 37.1 Å². The first kappa shape index (κ1) is 14.3. The predicted octanol–water partition coefficient (Wildman–Crippen LogP) is 1.61. The summed E-state index contributed by atoms with van der Waals surface area (Å²) in [5.74, 6) is 0.00869. The average molecular weight is 272 g/mol. The Kier molecular flexibility index (Phi) is 4.90. The molecule has 1 aromatic carbocycles. The molecule has 1 saturated heterocycles. The van der Waals surface area contributed by atoms with E-state index in [1.54, 1.807) is 24.3 Å². The van der Waals surface area contributed by atoms with Crippen LogP contribution in [0.1, 0.15) is 24.8 Å². The number of piperidine rings is 1. The fourth-order valence-corrected chi connectivity index (χ4v) is 2.23. The number of rotatable bonds is 4. The highest BCUT2D eigenvalue weighted by molar-refractivity contribution is 6.06. The molecule has 0 bridgehead atoms. The number of hydrogen-bond acceptors (Lipinski definition) is 4. The molecule has 0 aliphatic carbocycles. The zero-order chi connectivity index (χ0) is 14.4. The van der Waals surface area contributed by atoms with Crippen molar-refractivity contribution in [2.45, 2.75) is 25.3 Å². The van der Waals surface area contributed by atoms with E-state index in [-0.39, 0.29) is 11.9 Å². The number of allylic oxidation sites excluding steroid dienone is 1. The molecule has 1 heterocycles. The Labute approximate surface area is 118 Å². The maximum atomic E-state index is 12.0. The quantitative estimate of drug-likeness (QED) is 0.628. The van der Waals surface area contributed by atoms with Crippen LogP contribution in [-0.2, 0) is 4.79 Å². The van der Waals surface area contributed by atoms with Gasteiger partial charge in [-0.3, -0.25) is 4.79 Å². The first-order chi connectivity index (χ1) is 9.70. The molecule has 106 valence electrons. The van der Waals surface area contributed by atoms with E-state index in [1.807, 2.05) is 0 Å². The molecule has 1 fully saturated rings. The fourth-order valence-electron chi connectivity index (χ4n) is 2.23. The van der Waals surface area contributed by atoms with Crippen molar-refractivity contribution in [1.29, 1.82) is 5.41 Å². The second-order valence-corrected chi connectivity index (χ2v) is 4.84. The fraction of sp³-hybridized carbons (Fsp3) is 0.333. The van der Waals surface area contributed by atoms with Crippen LogP contribution in [-0.4, -0.2) is 24.2 Å². The van der Waals surface area contributed by atoms with E-state index in [0.29, 0.717) is 5.71 Å². The van der Waals surface area contributed by atoms with Crippen LogP contribution in [0.4, 0.5) is 5.69 Å². The maximum absolute atomic E-state index is 12.0. The van der Waals surface area contributed by atoms with Crippen molar-refractivity contribution in [1.82, 2.24) is 5.32 Å². The predicted molar refractivity (Wildman–Crippen MR) is 80.9 cm³/mol. The van der Waals surface area contributed by atoms with E-state index in [2.05, 4.69) is 10.6 Å². The van der Waals surface area contributed by atoms with E-state index in [9.17, 15) is 4.79 Å². The zero-order valence-corrected chi connectivity index (χ0v) is 11.4. The molecule has 0 spiro atoms. The standard InChI is InChI=1S/C15H20N4O/c16-9-8-13(17)11-4-6-12(7-5-11)19-15(20)14-3-1-2-10-18-14/h4-9,14,17-18H,1-3,10,16H2,(H,19,20). The minimum absolute atomic E-state index is 0.00869. The second-order valence-electron chi connectivity index (χ2n) is 4.84. The molecule has 5 heteroatoms. The molecule has 1 aliphatic heterocycles. The largest absolute Gasteiger partial charge is 0.405 e. The number of amides is 1. The van der Waals surface area contributed by atoms with Crippen molar-refractivity contribution in [2.24, 2.45) is 5.73 Å². The van der Waals surface area contributed by atoms with Gasteiger partial charge in [0.25, 0.3) is 0 Å². The molecule has 1 aromatic rings. The van der Waals surface area contributed by atoms with Gasteiger partial charge in [0.15, 0.2) is 0 Å². The highest BCUT2D eigenvalue weighted by Crippen LogP contribution is 2.13. The minimum Gasteiger partial charge on any atom is -0.405 e. The van der Waals surface area contributed by atoms with Crippen LogP contribution in [0, 0.1) is 5.41 Å². The van der Waals surface area contributed by atoms with E-state index in [1.165, 1.54) is 12.3 Å². The average Bonchev–Trinajstić information content (AvgIpc) is 2.49. The molecule has 1 unspecified atom stereocenters. The summed E-state index contributed by atoms with van der Waals surface area (Å²) in [6.07, 6.45) is 5.98. The Morgan fingerprint density at radius 1 is 1.35 bits per heavy atom. The van der Waals surface area contributed by atoms with Gasteiger partial charge in [-0.1, -0.05) is 18.6 Å². The molecular formula is C15H20N4O. The van der Waals surface area contributed by atoms with Crippen molar-refractivity contribution in [3.05, 3.63) is 42.1 Å². The summed E-state index contributed by atoms with van der Waals surface area (Å²) in [6.45, 7) is 0.902. The first-order valence-electron chi connectivity index (χ1n) is 6.82. The number of hydrogen-bond donors (Lipinski definition) is 4. The van der Waals surface area contributed by atoms with Crippen molar-refractivity contribution in [3.63, 3.8) is 0 Å². The smallest absolute Gasteiger partial charge is 0.241 e. The highest BCUT2D eigenvalue weighted by atomic mass is 16.2. The zero-order valence-electron chi connectivity index (χ0n) is 11.4. The van der Waals surface area contributed by atoms with Crippen LogP contribution in [0.15, 0.2) is 36.5 Å². The van der Waals surface area contributed by atoms with Gasteiger partial charge >= 0.3 is 0 Å². The molecule has 1 atom stereocenters. The summed E-state index contributed by atoms with van der Waals surface area (Å²) in [4.78, 5) is 12.0. The monoisotopic (exact) mass is 272 g/mol. The SMILES string of the molecule is N=C(C=CN)c1ccc(NC(=O)C2CCCCN2)cc1. The third-order valence-corrected chi connectivity index (χ3v) is 3.35. The minimum atomic E-state index is -0.0955. The van der Waals surface area contributed by atoms with Gasteiger partial charge in [-0.05, 0) is 49.4 Å². The van der Waals surface area contributed by atoms with Crippen LogP contribution in [0.2, 0.25) is 0 Å². The van der Waals surface area contributed by atoms with Gasteiger partial charge in [0, 0.05) is 5.69 Å². The van der Waals surface area contributed by atoms with Crippen molar-refractivity contribution in [2.75, 3.05) is 11.9 Å². The van der Waals surface area contributed by atoms with Crippen LogP contribution in [0.25, 0.3) is 0 Å². The van der Waals surface area contributed by atoms with Gasteiger partial charge in [-0.2, -0.15) is 0 Å². The van der Waals surface area contributed by atoms with Gasteiger partial charge in [-0.25, -0.2) is 0 Å². The van der Waals surface area contributed by atoms with Gasteiger partial charge in [0.2, 0.25) is 5.91 Å². The molecule has 1 aliphatic rings. The Morgan fingerprint density at radius 3 is 2.70 bits per heavy atom. The summed E-state index contributed by atoms with van der Waals surface area (Å²) < 4.78 is 0. The van der Waals surface area contributed by atoms with Gasteiger partial charge in [-0.15, -0.1) is 0 Å². The lowest BCUT2D eigenvalue weighted by Gasteiger charge is -2.22. The molecule has 1 amide bonds. The highest BCUT2D eigenvalue weighted by Gasteiger charge is 2.20. The van der Waals surface area contributed by atoms with Crippen LogP contribution >= 0.6 is 0 Å². The Balaban J connectivity index is 1.96. The molecule has 20 heavy (non-hydrogen) atoms. The van der Waals surface area contributed by atoms with Gasteiger partial charge in [0.1, 0.15) is 0 Å². The van der Waals surface area contributed by atoms with Crippen molar-refractivity contribution in [3.8, 4) is 0 Å². The lowest BCUT2D eigenvalue weighted by molar-refractivity contribution is -0.118. The van der Waals surface area contributed by atoms with Crippen molar-refractivity contribution < 1.29 is 4.79 Å². The maximum Gasteiger partial charge on any atom is 0.241 e. The number of carbonyl (C=O) groups is 1. The number of benzene rings is 1. The number of nitrogens with one attached hydrogen (secondary N) is 3. The summed E-state index contributed by atoms with van der Waals surface area (Å²) in [5, 5.41) is 13.8. The molecule has 0 saturated carbocycles. The van der Waals surface area contributed by atoms with E-state index < -0.39 is 0 Å². The normalized spacial score (nSPS) is 18.9. The molecule has 0 aromatic heterocycles. The molecule has 5 nitrogen and oxygen atoms in total. The van der Waals surface area contributed by atoms with Crippen molar-refractivity contribution >= 4 is 17.3 Å². The summed E-state index contributed by atoms with van der Waals surface area (Å²) >= 11 is 0. The van der Waals surface area contributed by atoms with Gasteiger partial charge < -0.3 is 21.8 Å². The molecule has 2 rings (SSSR count). The first-order valence-corrected chi connectivity index (χ1v) is 6.82. The lowest BCUT2D eigenvalue weighted by Crippen LogP contribution is -2.43. The van der Waals surface area contributed by atoms with Gasteiger partial charge in [0.05, 0.1) is 11.8 Å². The third kappa shape index (κ3) is 3.68. The molecular weight excluding hydrogens is 252 g/mol. The molecule has 5 N–H and O–H groups in total. The Hall–Kier alpha value is -2.14. The van der Waals surface area contributed by atoms with E-state index >= 15 is 0 Å². The Bertz CT molecular complexity index is 501. The third-order valence-electron chi connectivity index (χ3n) is 3.35. The van der Waals surface area contributed by atoms with E-state index in [4.69, 9.17) is 11.1 Å². The summed E-state index contributed by atoms with van der Waals surface area (Å²) in [7, 11) is 0. The lowest BCUT2D eigenvalue weighted by atomic mass is 10.0. The topological polar surface area (TPSA) is 91.0 Å². The number of nitrogens with two attached hydrogens (primary N) is 1. The summed E-state index contributed by atoms with van der Waals surface area (Å²) in [6, 6.07) is 7.10. The number of carbonyl (C=O) groups excluding carboxylic acids is 1. The van der Waals surface area contributed by atoms with Crippen LogP contribution in [0.5, 0.6) is 0 Å². The number of anilines is 1. The molecule has 0 radical (unpaired) electrons. The second kappa shape index (κ2) is 6.86.